The van der Waals surface area contributed by atoms with Gasteiger partial charge in [0.15, 0.2) is 11.5 Å². The number of halogens is 1. The summed E-state index contributed by atoms with van der Waals surface area (Å²) in [5.74, 6) is -1.31. The van der Waals surface area contributed by atoms with Gasteiger partial charge in [-0.2, -0.15) is 0 Å². The number of rotatable bonds is 5. The third kappa shape index (κ3) is 4.06. The molecule has 0 atom stereocenters. The van der Waals surface area contributed by atoms with Crippen LogP contribution in [-0.2, 0) is 16.0 Å². The molecule has 0 saturated heterocycles. The first-order chi connectivity index (χ1) is 11.0. The highest BCUT2D eigenvalue weighted by Crippen LogP contribution is 2.28. The van der Waals surface area contributed by atoms with Gasteiger partial charge in [-0.05, 0) is 29.8 Å². The van der Waals surface area contributed by atoms with Crippen LogP contribution in [0.4, 0.5) is 4.39 Å². The highest BCUT2D eigenvalue weighted by Gasteiger charge is 2.15. The van der Waals surface area contributed by atoms with Gasteiger partial charge in [0.1, 0.15) is 5.82 Å². The number of carbonyl (C=O) groups is 2. The van der Waals surface area contributed by atoms with Crippen LogP contribution in [0.25, 0.3) is 0 Å². The van der Waals surface area contributed by atoms with E-state index in [9.17, 15) is 14.0 Å². The number of hydrogen-bond donors (Lipinski definition) is 0. The second kappa shape index (κ2) is 7.40. The van der Waals surface area contributed by atoms with Gasteiger partial charge >= 0.3 is 11.9 Å². The SMILES string of the molecule is COC(=O)c1ccc(OC(=O)Cc2ccccc2F)c(OC)c1. The molecule has 6 heteroatoms. The number of ether oxygens (including phenoxy) is 3. The van der Waals surface area contributed by atoms with E-state index in [1.54, 1.807) is 12.1 Å². The molecule has 0 aliphatic heterocycles. The lowest BCUT2D eigenvalue weighted by molar-refractivity contribution is -0.133. The van der Waals surface area contributed by atoms with Gasteiger partial charge in [-0.1, -0.05) is 18.2 Å². The van der Waals surface area contributed by atoms with Gasteiger partial charge in [-0.25, -0.2) is 9.18 Å². The average Bonchev–Trinajstić information content (AvgIpc) is 2.56. The lowest BCUT2D eigenvalue weighted by Gasteiger charge is -2.10. The van der Waals surface area contributed by atoms with Crippen LogP contribution in [-0.4, -0.2) is 26.2 Å². The second-order valence-electron chi connectivity index (χ2n) is 4.60. The van der Waals surface area contributed by atoms with Gasteiger partial charge in [0, 0.05) is 0 Å². The second-order valence-corrected chi connectivity index (χ2v) is 4.60. The maximum Gasteiger partial charge on any atom is 0.337 e. The number of carbonyl (C=O) groups excluding carboxylic acids is 2. The van der Waals surface area contributed by atoms with E-state index in [4.69, 9.17) is 9.47 Å². The summed E-state index contributed by atoms with van der Waals surface area (Å²) in [5.41, 5.74) is 0.501. The Bertz CT molecular complexity index is 727. The molecule has 0 aromatic heterocycles. The van der Waals surface area contributed by atoms with Crippen molar-refractivity contribution in [2.24, 2.45) is 0 Å². The third-order valence-corrected chi connectivity index (χ3v) is 3.10. The van der Waals surface area contributed by atoms with E-state index in [-0.39, 0.29) is 29.0 Å². The Balaban J connectivity index is 2.14. The molecular weight excluding hydrogens is 303 g/mol. The van der Waals surface area contributed by atoms with Crippen LogP contribution in [0.1, 0.15) is 15.9 Å². The lowest BCUT2D eigenvalue weighted by Crippen LogP contribution is -2.13. The molecule has 23 heavy (non-hydrogen) atoms. The predicted molar refractivity (Wildman–Crippen MR) is 80.1 cm³/mol. The fourth-order valence-electron chi connectivity index (χ4n) is 1.95. The molecule has 0 unspecified atom stereocenters. The van der Waals surface area contributed by atoms with Crippen LogP contribution >= 0.6 is 0 Å². The molecule has 120 valence electrons. The van der Waals surface area contributed by atoms with Crippen LogP contribution in [0.2, 0.25) is 0 Å². The van der Waals surface area contributed by atoms with Crippen LogP contribution < -0.4 is 9.47 Å². The van der Waals surface area contributed by atoms with Crippen molar-refractivity contribution < 1.29 is 28.2 Å². The van der Waals surface area contributed by atoms with Crippen molar-refractivity contribution in [3.63, 3.8) is 0 Å². The Morgan fingerprint density at radius 3 is 2.43 bits per heavy atom. The van der Waals surface area contributed by atoms with Crippen molar-refractivity contribution in [3.05, 3.63) is 59.4 Å². The molecule has 2 rings (SSSR count). The molecule has 5 nitrogen and oxygen atoms in total. The summed E-state index contributed by atoms with van der Waals surface area (Å²) in [6.07, 6.45) is -0.214. The normalized spacial score (nSPS) is 10.0. The van der Waals surface area contributed by atoms with Gasteiger partial charge in [-0.3, -0.25) is 4.79 Å². The summed E-state index contributed by atoms with van der Waals surface area (Å²) < 4.78 is 28.4. The van der Waals surface area contributed by atoms with Gasteiger partial charge in [0.05, 0.1) is 26.2 Å². The predicted octanol–water partition coefficient (Wildman–Crippen LogP) is 2.77. The zero-order valence-electron chi connectivity index (χ0n) is 12.7. The molecule has 2 aromatic carbocycles. The molecule has 2 aromatic rings. The lowest BCUT2D eigenvalue weighted by atomic mass is 10.1. The highest BCUT2D eigenvalue weighted by atomic mass is 19.1. The Hall–Kier alpha value is -2.89. The molecule has 0 saturated carbocycles. The van der Waals surface area contributed by atoms with Gasteiger partial charge in [0.2, 0.25) is 0 Å². The fraction of sp³-hybridized carbons (Fsp3) is 0.176. The topological polar surface area (TPSA) is 61.8 Å². The Kier molecular flexibility index (Phi) is 5.30. The maximum absolute atomic E-state index is 13.5. The molecule has 0 radical (unpaired) electrons. The minimum absolute atomic E-state index is 0.140. The summed E-state index contributed by atoms with van der Waals surface area (Å²) in [6, 6.07) is 10.2. The summed E-state index contributed by atoms with van der Waals surface area (Å²) in [7, 11) is 2.64. The van der Waals surface area contributed by atoms with E-state index in [0.29, 0.717) is 0 Å². The summed E-state index contributed by atoms with van der Waals surface area (Å²) in [6.45, 7) is 0. The van der Waals surface area contributed by atoms with E-state index in [1.165, 1.54) is 44.6 Å². The minimum Gasteiger partial charge on any atom is -0.493 e. The van der Waals surface area contributed by atoms with E-state index >= 15 is 0 Å². The molecule has 0 spiro atoms. The van der Waals surface area contributed by atoms with Crippen LogP contribution in [0, 0.1) is 5.82 Å². The maximum atomic E-state index is 13.5. The highest BCUT2D eigenvalue weighted by molar-refractivity contribution is 5.90. The summed E-state index contributed by atoms with van der Waals surface area (Å²) in [4.78, 5) is 23.4. The zero-order valence-corrected chi connectivity index (χ0v) is 12.7. The van der Waals surface area contributed by atoms with Crippen molar-refractivity contribution in [3.8, 4) is 11.5 Å². The molecule has 0 aliphatic rings. The largest absolute Gasteiger partial charge is 0.493 e. The first-order valence-corrected chi connectivity index (χ1v) is 6.75. The van der Waals surface area contributed by atoms with E-state index < -0.39 is 17.8 Å². The molecule has 0 amide bonds. The van der Waals surface area contributed by atoms with Crippen molar-refractivity contribution in [2.45, 2.75) is 6.42 Å². The van der Waals surface area contributed by atoms with Crippen LogP contribution in [0.3, 0.4) is 0 Å². The van der Waals surface area contributed by atoms with E-state index in [2.05, 4.69) is 4.74 Å². The van der Waals surface area contributed by atoms with Crippen molar-refractivity contribution >= 4 is 11.9 Å². The van der Waals surface area contributed by atoms with E-state index in [1.807, 2.05) is 0 Å². The number of hydrogen-bond acceptors (Lipinski definition) is 5. The first-order valence-electron chi connectivity index (χ1n) is 6.75. The smallest absolute Gasteiger partial charge is 0.337 e. The molecule has 0 heterocycles. The van der Waals surface area contributed by atoms with Crippen LogP contribution in [0.5, 0.6) is 11.5 Å². The Labute approximate surface area is 132 Å². The number of esters is 2. The zero-order chi connectivity index (χ0) is 16.8. The fourth-order valence-corrected chi connectivity index (χ4v) is 1.95. The Morgan fingerprint density at radius 1 is 1.04 bits per heavy atom. The summed E-state index contributed by atoms with van der Waals surface area (Å²) >= 11 is 0. The van der Waals surface area contributed by atoms with E-state index in [0.717, 1.165) is 0 Å². The number of methoxy groups -OCH3 is 2. The van der Waals surface area contributed by atoms with Crippen molar-refractivity contribution in [1.29, 1.82) is 0 Å². The van der Waals surface area contributed by atoms with Gasteiger partial charge in [0.25, 0.3) is 0 Å². The first kappa shape index (κ1) is 16.5. The monoisotopic (exact) mass is 318 g/mol. The molecular formula is C17H15FO5. The van der Waals surface area contributed by atoms with Gasteiger partial charge < -0.3 is 14.2 Å². The summed E-state index contributed by atoms with van der Waals surface area (Å²) in [5, 5.41) is 0. The third-order valence-electron chi connectivity index (χ3n) is 3.10. The van der Waals surface area contributed by atoms with Crippen molar-refractivity contribution in [2.75, 3.05) is 14.2 Å². The van der Waals surface area contributed by atoms with Gasteiger partial charge in [-0.15, -0.1) is 0 Å². The molecule has 0 bridgehead atoms. The standard InChI is InChI=1S/C17H15FO5/c1-21-15-9-12(17(20)22-2)7-8-14(15)23-16(19)10-11-5-3-4-6-13(11)18/h3-9H,10H2,1-2H3. The molecule has 0 N–H and O–H groups in total. The number of benzene rings is 2. The van der Waals surface area contributed by atoms with Crippen LogP contribution in [0.15, 0.2) is 42.5 Å². The minimum atomic E-state index is -0.640. The Morgan fingerprint density at radius 2 is 1.78 bits per heavy atom. The quantitative estimate of drug-likeness (QED) is 0.626. The van der Waals surface area contributed by atoms with Crippen molar-refractivity contribution in [1.82, 2.24) is 0 Å². The molecule has 0 fully saturated rings. The average molecular weight is 318 g/mol. The molecule has 0 aliphatic carbocycles.